The summed E-state index contributed by atoms with van der Waals surface area (Å²) >= 11 is 3.34. The molecule has 0 bridgehead atoms. The van der Waals surface area contributed by atoms with E-state index >= 15 is 0 Å². The average Bonchev–Trinajstić information content (AvgIpc) is 2.83. The van der Waals surface area contributed by atoms with E-state index in [1.54, 1.807) is 6.07 Å². The number of carbonyl (C=O) groups is 2. The molecule has 2 rings (SSSR count). The second-order valence-corrected chi connectivity index (χ2v) is 5.28. The Labute approximate surface area is 124 Å². The van der Waals surface area contributed by atoms with E-state index in [1.807, 2.05) is 25.1 Å². The number of nitrogens with one attached hydrogen (secondary N) is 1. The number of para-hydroxylation sites is 1. The highest BCUT2D eigenvalue weighted by molar-refractivity contribution is 9.10. The molecule has 20 heavy (non-hydrogen) atoms. The molecule has 0 aliphatic carbocycles. The van der Waals surface area contributed by atoms with Crippen LogP contribution < -0.4 is 5.32 Å². The lowest BCUT2D eigenvalue weighted by molar-refractivity contribution is -0.139. The highest BCUT2D eigenvalue weighted by Gasteiger charge is 2.22. The van der Waals surface area contributed by atoms with E-state index in [-0.39, 0.29) is 5.76 Å². The normalized spacial score (nSPS) is 12.3. The van der Waals surface area contributed by atoms with Crippen LogP contribution in [-0.2, 0) is 4.79 Å². The van der Waals surface area contributed by atoms with Crippen LogP contribution in [0.5, 0.6) is 0 Å². The van der Waals surface area contributed by atoms with Crippen LogP contribution in [0.25, 0.3) is 11.0 Å². The molecule has 0 fully saturated rings. The highest BCUT2D eigenvalue weighted by atomic mass is 79.9. The largest absolute Gasteiger partial charge is 0.480 e. The number of amides is 1. The summed E-state index contributed by atoms with van der Waals surface area (Å²) in [7, 11) is 0. The van der Waals surface area contributed by atoms with Gasteiger partial charge in [-0.2, -0.15) is 0 Å². The quantitative estimate of drug-likeness (QED) is 0.876. The maximum Gasteiger partial charge on any atom is 0.326 e. The van der Waals surface area contributed by atoms with Gasteiger partial charge in [0.2, 0.25) is 0 Å². The lowest BCUT2D eigenvalue weighted by atomic mass is 10.1. The first-order valence-corrected chi connectivity index (χ1v) is 7.04. The van der Waals surface area contributed by atoms with Crippen LogP contribution in [0.1, 0.15) is 30.3 Å². The lowest BCUT2D eigenvalue weighted by Gasteiger charge is -2.11. The van der Waals surface area contributed by atoms with Crippen molar-refractivity contribution in [1.29, 1.82) is 0 Å². The molecule has 1 amide bonds. The number of aliphatic carboxylic acids is 1. The number of rotatable bonds is 5. The molecular formula is C14H14BrNO4. The first-order chi connectivity index (χ1) is 9.52. The summed E-state index contributed by atoms with van der Waals surface area (Å²) in [4.78, 5) is 23.1. The number of furan rings is 1. The summed E-state index contributed by atoms with van der Waals surface area (Å²) in [5.41, 5.74) is 0.569. The minimum atomic E-state index is -1.04. The predicted octanol–water partition coefficient (Wildman–Crippen LogP) is 3.18. The van der Waals surface area contributed by atoms with Crippen LogP contribution in [0, 0.1) is 0 Å². The molecule has 1 heterocycles. The van der Waals surface area contributed by atoms with Gasteiger partial charge in [-0.15, -0.1) is 0 Å². The molecule has 1 atom stereocenters. The molecule has 1 aromatic carbocycles. The van der Waals surface area contributed by atoms with Crippen molar-refractivity contribution in [3.8, 4) is 0 Å². The summed E-state index contributed by atoms with van der Waals surface area (Å²) in [6, 6.07) is 6.16. The third-order valence-electron chi connectivity index (χ3n) is 2.90. The molecule has 2 N–H and O–H groups in total. The molecule has 0 saturated heterocycles. The zero-order valence-corrected chi connectivity index (χ0v) is 12.4. The molecule has 0 radical (unpaired) electrons. The van der Waals surface area contributed by atoms with Gasteiger partial charge in [-0.25, -0.2) is 4.79 Å². The molecule has 6 heteroatoms. The summed E-state index contributed by atoms with van der Waals surface area (Å²) in [5.74, 6) is -1.46. The van der Waals surface area contributed by atoms with Crippen molar-refractivity contribution in [3.63, 3.8) is 0 Å². The number of carboxylic acids is 1. The number of fused-ring (bicyclic) bond motifs is 1. The summed E-state index contributed by atoms with van der Waals surface area (Å²) in [6.07, 6.45) is 1.05. The predicted molar refractivity (Wildman–Crippen MR) is 77.7 cm³/mol. The van der Waals surface area contributed by atoms with Crippen molar-refractivity contribution in [1.82, 2.24) is 5.32 Å². The fraction of sp³-hybridized carbons (Fsp3) is 0.286. The van der Waals surface area contributed by atoms with E-state index in [1.165, 1.54) is 0 Å². The standard InChI is InChI=1S/C14H14BrNO4/c1-2-4-10(14(18)19)16-13(17)11-7-8-5-3-6-9(15)12(8)20-11/h3,5-7,10H,2,4H2,1H3,(H,16,17)(H,18,19)/t10-/m1/s1. The van der Waals surface area contributed by atoms with Gasteiger partial charge in [-0.1, -0.05) is 25.5 Å². The highest BCUT2D eigenvalue weighted by Crippen LogP contribution is 2.26. The van der Waals surface area contributed by atoms with Crippen molar-refractivity contribution >= 4 is 38.8 Å². The third-order valence-corrected chi connectivity index (χ3v) is 3.53. The van der Waals surface area contributed by atoms with Crippen molar-refractivity contribution < 1.29 is 19.1 Å². The van der Waals surface area contributed by atoms with Crippen LogP contribution in [0.4, 0.5) is 0 Å². The van der Waals surface area contributed by atoms with Crippen LogP contribution in [0.3, 0.4) is 0 Å². The lowest BCUT2D eigenvalue weighted by Crippen LogP contribution is -2.40. The zero-order chi connectivity index (χ0) is 14.7. The SMILES string of the molecule is CCC[C@@H](NC(=O)c1cc2cccc(Br)c2o1)C(=O)O. The van der Waals surface area contributed by atoms with Crippen molar-refractivity contribution in [2.45, 2.75) is 25.8 Å². The van der Waals surface area contributed by atoms with E-state index in [4.69, 9.17) is 9.52 Å². The summed E-state index contributed by atoms with van der Waals surface area (Å²) in [6.45, 7) is 1.86. The van der Waals surface area contributed by atoms with Gasteiger partial charge >= 0.3 is 5.97 Å². The van der Waals surface area contributed by atoms with Gasteiger partial charge in [0, 0.05) is 5.39 Å². The first-order valence-electron chi connectivity index (χ1n) is 6.24. The smallest absolute Gasteiger partial charge is 0.326 e. The molecule has 106 valence electrons. The number of benzene rings is 1. The zero-order valence-electron chi connectivity index (χ0n) is 10.9. The average molecular weight is 340 g/mol. The van der Waals surface area contributed by atoms with E-state index in [9.17, 15) is 9.59 Å². The van der Waals surface area contributed by atoms with Crippen LogP contribution in [0.2, 0.25) is 0 Å². The monoisotopic (exact) mass is 339 g/mol. The van der Waals surface area contributed by atoms with E-state index < -0.39 is 17.9 Å². The maximum absolute atomic E-state index is 12.0. The summed E-state index contributed by atoms with van der Waals surface area (Å²) < 4.78 is 6.22. The molecule has 2 aromatic rings. The maximum atomic E-state index is 12.0. The van der Waals surface area contributed by atoms with Gasteiger partial charge < -0.3 is 14.8 Å². The fourth-order valence-corrected chi connectivity index (χ4v) is 2.38. The Morgan fingerprint density at radius 2 is 2.20 bits per heavy atom. The van der Waals surface area contributed by atoms with E-state index in [2.05, 4.69) is 21.2 Å². The van der Waals surface area contributed by atoms with E-state index in [0.717, 1.165) is 9.86 Å². The Kier molecular flexibility index (Phi) is 4.44. The molecule has 0 saturated carbocycles. The number of carbonyl (C=O) groups excluding carboxylic acids is 1. The third kappa shape index (κ3) is 3.01. The Balaban J connectivity index is 2.22. The minimum absolute atomic E-state index is 0.106. The number of hydrogen-bond acceptors (Lipinski definition) is 3. The molecule has 1 aromatic heterocycles. The molecule has 0 aliphatic rings. The van der Waals surface area contributed by atoms with Crippen molar-refractivity contribution in [2.75, 3.05) is 0 Å². The molecule has 5 nitrogen and oxygen atoms in total. The van der Waals surface area contributed by atoms with Crippen molar-refractivity contribution in [2.24, 2.45) is 0 Å². The second-order valence-electron chi connectivity index (χ2n) is 4.42. The van der Waals surface area contributed by atoms with Gasteiger partial charge in [0.1, 0.15) is 11.6 Å². The Morgan fingerprint density at radius 3 is 2.80 bits per heavy atom. The first kappa shape index (κ1) is 14.6. The van der Waals surface area contributed by atoms with Crippen molar-refractivity contribution in [3.05, 3.63) is 34.5 Å². The fourth-order valence-electron chi connectivity index (χ4n) is 1.91. The Hall–Kier alpha value is -1.82. The van der Waals surface area contributed by atoms with Gasteiger partial charge in [0.25, 0.3) is 5.91 Å². The van der Waals surface area contributed by atoms with Crippen LogP contribution >= 0.6 is 15.9 Å². The van der Waals surface area contributed by atoms with E-state index in [0.29, 0.717) is 18.4 Å². The van der Waals surface area contributed by atoms with Crippen LogP contribution in [-0.4, -0.2) is 23.0 Å². The molecular weight excluding hydrogens is 326 g/mol. The Morgan fingerprint density at radius 1 is 1.45 bits per heavy atom. The summed E-state index contributed by atoms with van der Waals surface area (Å²) in [5, 5.41) is 12.3. The van der Waals surface area contributed by atoms with Gasteiger partial charge in [0.05, 0.1) is 4.47 Å². The molecule has 0 spiro atoms. The van der Waals surface area contributed by atoms with Gasteiger partial charge in [-0.3, -0.25) is 4.79 Å². The number of hydrogen-bond donors (Lipinski definition) is 2. The van der Waals surface area contributed by atoms with Gasteiger partial charge in [0.15, 0.2) is 5.76 Å². The number of carboxylic acid groups (broad SMARTS) is 1. The molecule has 0 unspecified atom stereocenters. The minimum Gasteiger partial charge on any atom is -0.480 e. The Bertz CT molecular complexity index is 650. The number of halogens is 1. The topological polar surface area (TPSA) is 79.5 Å². The van der Waals surface area contributed by atoms with Crippen LogP contribution in [0.15, 0.2) is 33.2 Å². The second kappa shape index (κ2) is 6.09. The van der Waals surface area contributed by atoms with Gasteiger partial charge in [-0.05, 0) is 34.5 Å². The molecule has 0 aliphatic heterocycles.